The van der Waals surface area contributed by atoms with E-state index in [-0.39, 0.29) is 29.5 Å². The summed E-state index contributed by atoms with van der Waals surface area (Å²) in [5, 5.41) is 5.54. The van der Waals surface area contributed by atoms with Gasteiger partial charge in [0.05, 0.1) is 25.0 Å². The summed E-state index contributed by atoms with van der Waals surface area (Å²) in [7, 11) is 2.62. The molecule has 3 unspecified atom stereocenters. The van der Waals surface area contributed by atoms with Crippen LogP contribution in [0.15, 0.2) is 29.5 Å². The molecule has 2 rings (SSSR count). The van der Waals surface area contributed by atoms with Gasteiger partial charge < -0.3 is 20.1 Å². The molecule has 0 spiro atoms. The van der Waals surface area contributed by atoms with Crippen LogP contribution in [0.2, 0.25) is 0 Å². The van der Waals surface area contributed by atoms with Gasteiger partial charge in [-0.2, -0.15) is 0 Å². The number of nitrogens with zero attached hydrogens (tertiary/aromatic N) is 1. The number of hydrogen-bond acceptors (Lipinski definition) is 5. The average molecular weight is 478 g/mol. The zero-order valence-corrected chi connectivity index (χ0v) is 20.9. The summed E-state index contributed by atoms with van der Waals surface area (Å²) in [4.78, 5) is 40.4. The van der Waals surface area contributed by atoms with Gasteiger partial charge in [-0.25, -0.2) is 23.7 Å². The molecule has 0 aliphatic carbocycles. The fourth-order valence-corrected chi connectivity index (χ4v) is 4.07. The number of carbonyl (C=O) groups is 3. The zero-order valence-electron chi connectivity index (χ0n) is 20.9. The van der Waals surface area contributed by atoms with Gasteiger partial charge in [-0.15, -0.1) is 0 Å². The Morgan fingerprint density at radius 2 is 1.97 bits per heavy atom. The van der Waals surface area contributed by atoms with Crippen molar-refractivity contribution >= 4 is 18.0 Å². The van der Waals surface area contributed by atoms with E-state index in [2.05, 4.69) is 24.5 Å². The highest BCUT2D eigenvalue weighted by atomic mass is 19.1. The molecule has 1 aliphatic rings. The molecule has 188 valence electrons. The second-order valence-electron chi connectivity index (χ2n) is 8.71. The number of rotatable bonds is 10. The van der Waals surface area contributed by atoms with Crippen LogP contribution in [0, 0.1) is 18.7 Å². The number of benzene rings is 1. The molecule has 1 heterocycles. The van der Waals surface area contributed by atoms with Gasteiger partial charge in [0.15, 0.2) is 0 Å². The second-order valence-corrected chi connectivity index (χ2v) is 8.71. The van der Waals surface area contributed by atoms with Crippen molar-refractivity contribution in [2.75, 3.05) is 20.8 Å². The third-order valence-electron chi connectivity index (χ3n) is 6.11. The third-order valence-corrected chi connectivity index (χ3v) is 6.11. The maximum Gasteiger partial charge on any atom is 0.338 e. The van der Waals surface area contributed by atoms with E-state index in [1.54, 1.807) is 19.1 Å². The molecular formula is C25H36FN3O5. The molecule has 34 heavy (non-hydrogen) atoms. The third kappa shape index (κ3) is 6.34. The summed E-state index contributed by atoms with van der Waals surface area (Å²) in [6, 6.07) is 1.63. The summed E-state index contributed by atoms with van der Waals surface area (Å²) in [6.45, 7) is 7.73. The van der Waals surface area contributed by atoms with Crippen molar-refractivity contribution in [3.63, 3.8) is 0 Å². The minimum atomic E-state index is -1.19. The number of urea groups is 2. The maximum atomic E-state index is 14.5. The number of carbonyl (C=O) groups excluding carboxylic acids is 3. The van der Waals surface area contributed by atoms with Crippen molar-refractivity contribution in [3.05, 3.63) is 46.4 Å². The van der Waals surface area contributed by atoms with E-state index in [1.807, 2.05) is 6.92 Å². The van der Waals surface area contributed by atoms with E-state index in [1.165, 1.54) is 20.3 Å². The van der Waals surface area contributed by atoms with Gasteiger partial charge in [-0.05, 0) is 42.9 Å². The monoisotopic (exact) mass is 477 g/mol. The highest BCUT2D eigenvalue weighted by Gasteiger charge is 2.43. The Kier molecular flexibility index (Phi) is 10.0. The molecule has 0 bridgehead atoms. The highest BCUT2D eigenvalue weighted by molar-refractivity contribution is 6.01. The van der Waals surface area contributed by atoms with Crippen LogP contribution in [0.1, 0.15) is 63.6 Å². The quantitative estimate of drug-likeness (QED) is 0.481. The second kappa shape index (κ2) is 12.5. The standard InChI is InChI=1S/C25H36FN3O5/c1-7-9-18(12-15(3)8-2)27-24(31)29-22(17-11-10-16(4)19(26)13-17)21(23(30)34-6)20(14-33-5)28-25(29)32/h10-11,13,15,18,22H,7-9,12,14H2,1-6H3,(H,27,31)(H,28,32). The van der Waals surface area contributed by atoms with Crippen LogP contribution in [0.5, 0.6) is 0 Å². The lowest BCUT2D eigenvalue weighted by Gasteiger charge is -2.37. The van der Waals surface area contributed by atoms with E-state index < -0.39 is 29.9 Å². The fourth-order valence-electron chi connectivity index (χ4n) is 4.07. The van der Waals surface area contributed by atoms with Gasteiger partial charge in [-0.1, -0.05) is 45.7 Å². The lowest BCUT2D eigenvalue weighted by Crippen LogP contribution is -2.56. The Bertz CT molecular complexity index is 933. The predicted molar refractivity (Wildman–Crippen MR) is 126 cm³/mol. The van der Waals surface area contributed by atoms with Crippen molar-refractivity contribution in [2.45, 2.75) is 65.5 Å². The summed E-state index contributed by atoms with van der Waals surface area (Å²) >= 11 is 0. The van der Waals surface area contributed by atoms with E-state index in [4.69, 9.17) is 9.47 Å². The van der Waals surface area contributed by atoms with Gasteiger partial charge in [0.1, 0.15) is 11.9 Å². The minimum Gasteiger partial charge on any atom is -0.466 e. The largest absolute Gasteiger partial charge is 0.466 e. The van der Waals surface area contributed by atoms with Gasteiger partial charge >= 0.3 is 18.0 Å². The topological polar surface area (TPSA) is 97.0 Å². The van der Waals surface area contributed by atoms with Crippen LogP contribution < -0.4 is 10.6 Å². The molecule has 1 aromatic carbocycles. The maximum absolute atomic E-state index is 14.5. The number of hydrogen-bond donors (Lipinski definition) is 2. The molecule has 0 fully saturated rings. The highest BCUT2D eigenvalue weighted by Crippen LogP contribution is 2.35. The lowest BCUT2D eigenvalue weighted by molar-refractivity contribution is -0.137. The number of halogens is 1. The van der Waals surface area contributed by atoms with Crippen LogP contribution in [0.3, 0.4) is 0 Å². The van der Waals surface area contributed by atoms with Gasteiger partial charge in [0.2, 0.25) is 0 Å². The van der Waals surface area contributed by atoms with Crippen LogP contribution >= 0.6 is 0 Å². The van der Waals surface area contributed by atoms with Crippen LogP contribution in [-0.4, -0.2) is 49.8 Å². The molecule has 1 aliphatic heterocycles. The van der Waals surface area contributed by atoms with Crippen molar-refractivity contribution < 1.29 is 28.2 Å². The smallest absolute Gasteiger partial charge is 0.338 e. The number of amides is 4. The number of aryl methyl sites for hydroxylation is 1. The Labute approximate surface area is 200 Å². The first-order valence-electron chi connectivity index (χ1n) is 11.6. The van der Waals surface area contributed by atoms with E-state index in [0.717, 1.165) is 30.6 Å². The molecular weight excluding hydrogens is 441 g/mol. The number of esters is 1. The van der Waals surface area contributed by atoms with Crippen LogP contribution in [0.4, 0.5) is 14.0 Å². The van der Waals surface area contributed by atoms with Crippen molar-refractivity contribution in [2.24, 2.45) is 5.92 Å². The van der Waals surface area contributed by atoms with Crippen molar-refractivity contribution in [1.82, 2.24) is 15.5 Å². The molecule has 3 atom stereocenters. The van der Waals surface area contributed by atoms with Gasteiger partial charge in [0.25, 0.3) is 0 Å². The van der Waals surface area contributed by atoms with Crippen LogP contribution in [-0.2, 0) is 14.3 Å². The number of imide groups is 1. The Hall–Kier alpha value is -2.94. The summed E-state index contributed by atoms with van der Waals surface area (Å²) in [5.74, 6) is -0.879. The Balaban J connectivity index is 2.58. The van der Waals surface area contributed by atoms with E-state index >= 15 is 0 Å². The molecule has 9 heteroatoms. The van der Waals surface area contributed by atoms with Crippen LogP contribution in [0.25, 0.3) is 0 Å². The first kappa shape index (κ1) is 27.3. The van der Waals surface area contributed by atoms with Crippen molar-refractivity contribution in [1.29, 1.82) is 0 Å². The molecule has 4 amide bonds. The molecule has 0 saturated carbocycles. The molecule has 1 aromatic rings. The van der Waals surface area contributed by atoms with E-state index in [9.17, 15) is 18.8 Å². The minimum absolute atomic E-state index is 0.0105. The van der Waals surface area contributed by atoms with E-state index in [0.29, 0.717) is 11.5 Å². The zero-order chi connectivity index (χ0) is 25.4. The Morgan fingerprint density at radius 1 is 1.26 bits per heavy atom. The number of methoxy groups -OCH3 is 2. The molecule has 2 N–H and O–H groups in total. The molecule has 8 nitrogen and oxygen atoms in total. The Morgan fingerprint density at radius 3 is 2.53 bits per heavy atom. The lowest BCUT2D eigenvalue weighted by atomic mass is 9.92. The first-order valence-corrected chi connectivity index (χ1v) is 11.6. The average Bonchev–Trinajstić information content (AvgIpc) is 2.80. The first-order chi connectivity index (χ1) is 16.2. The molecule has 0 aromatic heterocycles. The summed E-state index contributed by atoms with van der Waals surface area (Å²) in [5.41, 5.74) is 0.851. The van der Waals surface area contributed by atoms with Crippen molar-refractivity contribution in [3.8, 4) is 0 Å². The summed E-state index contributed by atoms with van der Waals surface area (Å²) in [6.07, 6.45) is 3.31. The predicted octanol–water partition coefficient (Wildman–Crippen LogP) is 4.59. The SMILES string of the molecule is CCCC(CC(C)CC)NC(=O)N1C(=O)NC(COC)=C(C(=O)OC)C1c1ccc(C)c(F)c1. The fraction of sp³-hybridized carbons (Fsp3) is 0.560. The summed E-state index contributed by atoms with van der Waals surface area (Å²) < 4.78 is 24.7. The molecule has 0 radical (unpaired) electrons. The molecule has 0 saturated heterocycles. The van der Waals surface area contributed by atoms with Gasteiger partial charge in [-0.3, -0.25) is 0 Å². The number of nitrogens with one attached hydrogen (secondary N) is 2. The number of ether oxygens (including phenoxy) is 2. The normalized spacial score (nSPS) is 17.8. The van der Waals surface area contributed by atoms with Gasteiger partial charge in [0, 0.05) is 13.2 Å².